The highest BCUT2D eigenvalue weighted by Crippen LogP contribution is 2.20. The Kier molecular flexibility index (Phi) is 7.58. The molecule has 1 fully saturated rings. The third-order valence-electron chi connectivity index (χ3n) is 6.81. The van der Waals surface area contributed by atoms with E-state index in [0.29, 0.717) is 17.9 Å². The molecular weight excluding hydrogens is 464 g/mol. The second-order valence-electron chi connectivity index (χ2n) is 9.42. The molecule has 37 heavy (non-hydrogen) atoms. The van der Waals surface area contributed by atoms with Crippen molar-refractivity contribution < 1.29 is 9.53 Å². The number of aromatic nitrogens is 2. The second kappa shape index (κ2) is 11.4. The lowest BCUT2D eigenvalue weighted by atomic mass is 10.1. The molecule has 0 saturated carbocycles. The van der Waals surface area contributed by atoms with Crippen molar-refractivity contribution in [2.75, 3.05) is 39.0 Å². The lowest BCUT2D eigenvalue weighted by Gasteiger charge is -2.34. The first kappa shape index (κ1) is 24.7. The maximum absolute atomic E-state index is 12.8. The molecule has 1 saturated heterocycles. The summed E-state index contributed by atoms with van der Waals surface area (Å²) in [6, 6.07) is 18.1. The fourth-order valence-electron chi connectivity index (χ4n) is 4.70. The predicted molar refractivity (Wildman–Crippen MR) is 145 cm³/mol. The molecular formula is C29H32N6O2. The summed E-state index contributed by atoms with van der Waals surface area (Å²) in [5.41, 5.74) is 9.85. The van der Waals surface area contributed by atoms with Crippen molar-refractivity contribution in [3.05, 3.63) is 95.4 Å². The van der Waals surface area contributed by atoms with Crippen LogP contribution in [0, 0.1) is 0 Å². The van der Waals surface area contributed by atoms with E-state index in [0.717, 1.165) is 66.9 Å². The molecule has 0 atom stereocenters. The standard InChI is InChI=1S/C29H32N6O2/c1-37-26-5-2-21(3-6-26)19-34-10-12-35(13-11-34)20-23-15-25(18-31-16-23)29(36)33-17-22-4-7-27-24(14-22)8-9-32-28(27)30/h2-9,14-16,18H,10-13,17,19-20H2,1H3,(H2,30,32)(H,33,36). The van der Waals surface area contributed by atoms with Crippen LogP contribution in [0.4, 0.5) is 5.82 Å². The number of carbonyl (C=O) groups is 1. The maximum atomic E-state index is 12.8. The fourth-order valence-corrected chi connectivity index (χ4v) is 4.70. The van der Waals surface area contributed by atoms with Gasteiger partial charge in [-0.3, -0.25) is 19.6 Å². The Labute approximate surface area is 217 Å². The average Bonchev–Trinajstić information content (AvgIpc) is 2.93. The van der Waals surface area contributed by atoms with Gasteiger partial charge >= 0.3 is 0 Å². The van der Waals surface area contributed by atoms with Crippen molar-refractivity contribution >= 4 is 22.5 Å². The van der Waals surface area contributed by atoms with Crippen LogP contribution >= 0.6 is 0 Å². The Hall–Kier alpha value is -4.01. The number of hydrogen-bond acceptors (Lipinski definition) is 7. The zero-order valence-electron chi connectivity index (χ0n) is 21.1. The van der Waals surface area contributed by atoms with E-state index in [9.17, 15) is 4.79 Å². The summed E-state index contributed by atoms with van der Waals surface area (Å²) < 4.78 is 5.25. The summed E-state index contributed by atoms with van der Waals surface area (Å²) in [6.45, 7) is 6.13. The number of nitrogen functional groups attached to an aromatic ring is 1. The molecule has 1 amide bonds. The average molecular weight is 497 g/mol. The van der Waals surface area contributed by atoms with E-state index in [2.05, 4.69) is 37.2 Å². The Morgan fingerprint density at radius 2 is 1.62 bits per heavy atom. The zero-order valence-corrected chi connectivity index (χ0v) is 21.1. The number of fused-ring (bicyclic) bond motifs is 1. The highest BCUT2D eigenvalue weighted by Gasteiger charge is 2.18. The van der Waals surface area contributed by atoms with Gasteiger partial charge in [-0.05, 0) is 52.4 Å². The number of nitrogens with zero attached hydrogens (tertiary/aromatic N) is 4. The molecule has 3 heterocycles. The summed E-state index contributed by atoms with van der Waals surface area (Å²) >= 11 is 0. The smallest absolute Gasteiger partial charge is 0.253 e. The van der Waals surface area contributed by atoms with Crippen molar-refractivity contribution in [3.8, 4) is 5.75 Å². The molecule has 2 aromatic heterocycles. The molecule has 5 rings (SSSR count). The normalized spacial score (nSPS) is 14.5. The Morgan fingerprint density at radius 3 is 2.35 bits per heavy atom. The van der Waals surface area contributed by atoms with Gasteiger partial charge in [0.1, 0.15) is 11.6 Å². The first-order chi connectivity index (χ1) is 18.1. The van der Waals surface area contributed by atoms with E-state index < -0.39 is 0 Å². The first-order valence-electron chi connectivity index (χ1n) is 12.5. The van der Waals surface area contributed by atoms with Crippen molar-refractivity contribution in [1.29, 1.82) is 0 Å². The number of pyridine rings is 2. The number of anilines is 1. The maximum Gasteiger partial charge on any atom is 0.253 e. The fraction of sp³-hybridized carbons (Fsp3) is 0.276. The highest BCUT2D eigenvalue weighted by atomic mass is 16.5. The van der Waals surface area contributed by atoms with Gasteiger partial charge in [0.2, 0.25) is 0 Å². The first-order valence-corrected chi connectivity index (χ1v) is 12.5. The third-order valence-corrected chi connectivity index (χ3v) is 6.81. The van der Waals surface area contributed by atoms with Gasteiger partial charge in [0.05, 0.1) is 12.7 Å². The van der Waals surface area contributed by atoms with Gasteiger partial charge in [-0.1, -0.05) is 24.3 Å². The zero-order chi connectivity index (χ0) is 25.6. The van der Waals surface area contributed by atoms with Gasteiger partial charge < -0.3 is 15.8 Å². The van der Waals surface area contributed by atoms with E-state index in [1.807, 2.05) is 48.7 Å². The number of methoxy groups -OCH3 is 1. The molecule has 0 unspecified atom stereocenters. The molecule has 8 nitrogen and oxygen atoms in total. The van der Waals surface area contributed by atoms with Gasteiger partial charge in [-0.25, -0.2) is 4.98 Å². The number of rotatable bonds is 8. The number of hydrogen-bond donors (Lipinski definition) is 2. The minimum Gasteiger partial charge on any atom is -0.497 e. The molecule has 8 heteroatoms. The van der Waals surface area contributed by atoms with Crippen LogP contribution in [0.15, 0.2) is 73.2 Å². The van der Waals surface area contributed by atoms with Crippen LogP contribution in [0.5, 0.6) is 5.75 Å². The van der Waals surface area contributed by atoms with Gasteiger partial charge in [-0.15, -0.1) is 0 Å². The van der Waals surface area contributed by atoms with Gasteiger partial charge in [0, 0.05) is 69.8 Å². The minimum atomic E-state index is -0.131. The molecule has 2 aromatic carbocycles. The topological polar surface area (TPSA) is 96.6 Å². The van der Waals surface area contributed by atoms with Gasteiger partial charge in [0.25, 0.3) is 5.91 Å². The van der Waals surface area contributed by atoms with Gasteiger partial charge in [0.15, 0.2) is 0 Å². The summed E-state index contributed by atoms with van der Waals surface area (Å²) in [7, 11) is 1.69. The van der Waals surface area contributed by atoms with E-state index in [4.69, 9.17) is 10.5 Å². The lowest BCUT2D eigenvalue weighted by Crippen LogP contribution is -2.45. The van der Waals surface area contributed by atoms with Crippen LogP contribution < -0.4 is 15.8 Å². The van der Waals surface area contributed by atoms with Crippen LogP contribution in [0.2, 0.25) is 0 Å². The monoisotopic (exact) mass is 496 g/mol. The molecule has 1 aliphatic heterocycles. The van der Waals surface area contributed by atoms with E-state index in [1.54, 1.807) is 19.5 Å². The molecule has 0 radical (unpaired) electrons. The Balaban J connectivity index is 1.12. The quantitative estimate of drug-likeness (QED) is 0.386. The lowest BCUT2D eigenvalue weighted by molar-refractivity contribution is 0.0950. The van der Waals surface area contributed by atoms with E-state index in [1.165, 1.54) is 5.56 Å². The summed E-state index contributed by atoms with van der Waals surface area (Å²) in [6.07, 6.45) is 5.17. The molecule has 0 aliphatic carbocycles. The number of nitrogens with one attached hydrogen (secondary N) is 1. The highest BCUT2D eigenvalue weighted by molar-refractivity contribution is 5.94. The molecule has 0 spiro atoms. The molecule has 4 aromatic rings. The molecule has 1 aliphatic rings. The number of piperazine rings is 1. The van der Waals surface area contributed by atoms with Crippen LogP contribution in [0.25, 0.3) is 10.8 Å². The van der Waals surface area contributed by atoms with Crippen molar-refractivity contribution in [2.45, 2.75) is 19.6 Å². The largest absolute Gasteiger partial charge is 0.497 e. The van der Waals surface area contributed by atoms with Crippen LogP contribution in [-0.2, 0) is 19.6 Å². The minimum absolute atomic E-state index is 0.131. The Bertz CT molecular complexity index is 1370. The number of carbonyl (C=O) groups excluding carboxylic acids is 1. The van der Waals surface area contributed by atoms with Crippen molar-refractivity contribution in [1.82, 2.24) is 25.1 Å². The van der Waals surface area contributed by atoms with E-state index >= 15 is 0 Å². The van der Waals surface area contributed by atoms with E-state index in [-0.39, 0.29) is 5.91 Å². The van der Waals surface area contributed by atoms with Gasteiger partial charge in [-0.2, -0.15) is 0 Å². The number of nitrogens with two attached hydrogens (primary N) is 1. The SMILES string of the molecule is COc1ccc(CN2CCN(Cc3cncc(C(=O)NCc4ccc5c(N)nccc5c4)c3)CC2)cc1. The summed E-state index contributed by atoms with van der Waals surface area (Å²) in [4.78, 5) is 26.2. The summed E-state index contributed by atoms with van der Waals surface area (Å²) in [5.74, 6) is 1.26. The van der Waals surface area contributed by atoms with Crippen LogP contribution in [0.1, 0.15) is 27.0 Å². The summed E-state index contributed by atoms with van der Waals surface area (Å²) in [5, 5.41) is 4.93. The number of amides is 1. The van der Waals surface area contributed by atoms with Crippen molar-refractivity contribution in [2.24, 2.45) is 0 Å². The molecule has 3 N–H and O–H groups in total. The molecule has 0 bridgehead atoms. The van der Waals surface area contributed by atoms with Crippen LogP contribution in [-0.4, -0.2) is 59.0 Å². The van der Waals surface area contributed by atoms with Crippen LogP contribution in [0.3, 0.4) is 0 Å². The third kappa shape index (κ3) is 6.22. The predicted octanol–water partition coefficient (Wildman–Crippen LogP) is 3.47. The van der Waals surface area contributed by atoms with Crippen molar-refractivity contribution in [3.63, 3.8) is 0 Å². The number of ether oxygens (including phenoxy) is 1. The Morgan fingerprint density at radius 1 is 0.919 bits per heavy atom. The second-order valence-corrected chi connectivity index (χ2v) is 9.42. The molecule has 190 valence electrons. The number of benzene rings is 2.